The number of aromatic hydroxyl groups is 1. The molecule has 0 saturated heterocycles. The van der Waals surface area contributed by atoms with Crippen LogP contribution in [0.5, 0.6) is 5.75 Å². The molecular formula is C27H37N3O5. The Balaban J connectivity index is 2.35. The third-order valence-electron chi connectivity index (χ3n) is 5.28. The predicted molar refractivity (Wildman–Crippen MR) is 136 cm³/mol. The Labute approximate surface area is 207 Å². The van der Waals surface area contributed by atoms with Gasteiger partial charge in [-0.3, -0.25) is 9.59 Å². The van der Waals surface area contributed by atoms with E-state index in [9.17, 15) is 19.5 Å². The number of phenols is 1. The summed E-state index contributed by atoms with van der Waals surface area (Å²) in [5.74, 6) is -0.737. The quantitative estimate of drug-likeness (QED) is 0.416. The molecule has 0 radical (unpaired) electrons. The molecule has 0 saturated carbocycles. The zero-order chi connectivity index (χ0) is 26.0. The number of amides is 3. The molecule has 0 aliphatic heterocycles. The molecule has 0 aromatic heterocycles. The van der Waals surface area contributed by atoms with E-state index < -0.39 is 23.6 Å². The Morgan fingerprint density at radius 2 is 1.69 bits per heavy atom. The molecule has 190 valence electrons. The highest BCUT2D eigenvalue weighted by Crippen LogP contribution is 2.26. The second-order valence-corrected chi connectivity index (χ2v) is 9.45. The van der Waals surface area contributed by atoms with E-state index in [-0.39, 0.29) is 18.2 Å². The fourth-order valence-corrected chi connectivity index (χ4v) is 3.54. The number of benzene rings is 2. The maximum atomic E-state index is 13.6. The van der Waals surface area contributed by atoms with Crippen LogP contribution in [0, 0.1) is 6.92 Å². The summed E-state index contributed by atoms with van der Waals surface area (Å²) in [5.41, 5.74) is 1.39. The predicted octanol–water partition coefficient (Wildman–Crippen LogP) is 4.92. The van der Waals surface area contributed by atoms with Gasteiger partial charge in [-0.05, 0) is 63.4 Å². The van der Waals surface area contributed by atoms with E-state index in [0.29, 0.717) is 24.2 Å². The molecule has 0 fully saturated rings. The molecule has 0 bridgehead atoms. The number of nitrogens with zero attached hydrogens (tertiary/aromatic N) is 1. The van der Waals surface area contributed by atoms with E-state index >= 15 is 0 Å². The van der Waals surface area contributed by atoms with Crippen LogP contribution in [-0.2, 0) is 14.3 Å². The zero-order valence-corrected chi connectivity index (χ0v) is 21.3. The van der Waals surface area contributed by atoms with Crippen LogP contribution in [0.2, 0.25) is 0 Å². The number of carbonyl (C=O) groups excluding carboxylic acids is 3. The van der Waals surface area contributed by atoms with Crippen molar-refractivity contribution in [3.8, 4) is 5.75 Å². The van der Waals surface area contributed by atoms with Crippen molar-refractivity contribution in [3.05, 3.63) is 59.7 Å². The fourth-order valence-electron chi connectivity index (χ4n) is 3.54. The number of ether oxygens (including phenoxy) is 1. The van der Waals surface area contributed by atoms with E-state index in [0.717, 1.165) is 18.4 Å². The monoisotopic (exact) mass is 483 g/mol. The minimum Gasteiger partial charge on any atom is -0.508 e. The molecule has 0 aliphatic carbocycles. The normalized spacial score (nSPS) is 11.9. The average Bonchev–Trinajstić information content (AvgIpc) is 2.78. The number of aryl methyl sites for hydroxylation is 1. The molecule has 2 aromatic carbocycles. The van der Waals surface area contributed by atoms with Crippen LogP contribution in [0.15, 0.2) is 48.5 Å². The minimum absolute atomic E-state index is 0.0577. The van der Waals surface area contributed by atoms with Crippen LogP contribution in [-0.4, -0.2) is 46.6 Å². The summed E-state index contributed by atoms with van der Waals surface area (Å²) in [6.07, 6.45) is 1.81. The second kappa shape index (κ2) is 12.8. The van der Waals surface area contributed by atoms with Gasteiger partial charge in [0.25, 0.3) is 5.91 Å². The molecule has 3 N–H and O–H groups in total. The lowest BCUT2D eigenvalue weighted by atomic mass is 10.0. The highest BCUT2D eigenvalue weighted by Gasteiger charge is 2.32. The summed E-state index contributed by atoms with van der Waals surface area (Å²) in [5, 5.41) is 15.2. The van der Waals surface area contributed by atoms with Crippen LogP contribution < -0.4 is 10.6 Å². The topological polar surface area (TPSA) is 108 Å². The summed E-state index contributed by atoms with van der Waals surface area (Å²) < 4.78 is 5.24. The number of anilines is 1. The van der Waals surface area contributed by atoms with E-state index in [1.807, 2.05) is 25.1 Å². The highest BCUT2D eigenvalue weighted by atomic mass is 16.6. The Morgan fingerprint density at radius 3 is 2.29 bits per heavy atom. The van der Waals surface area contributed by atoms with E-state index in [1.54, 1.807) is 39.0 Å². The summed E-state index contributed by atoms with van der Waals surface area (Å²) in [4.78, 5) is 40.5. The molecule has 1 atom stereocenters. The first-order chi connectivity index (χ1) is 16.5. The van der Waals surface area contributed by atoms with Crippen molar-refractivity contribution in [3.63, 3.8) is 0 Å². The van der Waals surface area contributed by atoms with Crippen LogP contribution in [0.25, 0.3) is 0 Å². The SMILES string of the molecule is CCCCCN(C(=O)CNC(=O)OC(C)(C)C)C(C(=O)Nc1ccccc1C)c1ccc(O)cc1. The molecule has 0 aliphatic rings. The van der Waals surface area contributed by atoms with Crippen molar-refractivity contribution in [1.29, 1.82) is 0 Å². The van der Waals surface area contributed by atoms with E-state index in [1.165, 1.54) is 17.0 Å². The number of hydrogen-bond donors (Lipinski definition) is 3. The number of rotatable bonds is 10. The smallest absolute Gasteiger partial charge is 0.408 e. The number of unbranched alkanes of at least 4 members (excludes halogenated alkanes) is 2. The van der Waals surface area contributed by atoms with Gasteiger partial charge in [0.2, 0.25) is 5.91 Å². The van der Waals surface area contributed by atoms with Crippen molar-refractivity contribution >= 4 is 23.6 Å². The first-order valence-electron chi connectivity index (χ1n) is 11.9. The van der Waals surface area contributed by atoms with Crippen molar-refractivity contribution < 1.29 is 24.2 Å². The summed E-state index contributed by atoms with van der Waals surface area (Å²) in [6.45, 7) is 9.17. The summed E-state index contributed by atoms with van der Waals surface area (Å²) >= 11 is 0. The van der Waals surface area contributed by atoms with Gasteiger partial charge in [0, 0.05) is 12.2 Å². The van der Waals surface area contributed by atoms with Crippen molar-refractivity contribution in [1.82, 2.24) is 10.2 Å². The molecule has 35 heavy (non-hydrogen) atoms. The third kappa shape index (κ3) is 8.96. The maximum Gasteiger partial charge on any atom is 0.408 e. The average molecular weight is 484 g/mol. The van der Waals surface area contributed by atoms with Gasteiger partial charge in [-0.2, -0.15) is 0 Å². The van der Waals surface area contributed by atoms with Crippen LogP contribution in [0.1, 0.15) is 64.1 Å². The van der Waals surface area contributed by atoms with Crippen LogP contribution in [0.4, 0.5) is 10.5 Å². The molecule has 3 amide bonds. The Morgan fingerprint density at radius 1 is 1.03 bits per heavy atom. The number of carbonyl (C=O) groups is 3. The number of phenolic OH excluding ortho intramolecular Hbond substituents is 1. The standard InChI is InChI=1S/C27H37N3O5/c1-6-7-10-17-30(23(32)18-28-26(34)35-27(3,4)5)24(20-13-15-21(31)16-14-20)25(33)29-22-12-9-8-11-19(22)2/h8-9,11-16,24,31H,6-7,10,17-18H2,1-5H3,(H,28,34)(H,29,33). The lowest BCUT2D eigenvalue weighted by Crippen LogP contribution is -2.47. The Bertz CT molecular complexity index is 999. The third-order valence-corrected chi connectivity index (χ3v) is 5.28. The molecule has 8 nitrogen and oxygen atoms in total. The lowest BCUT2D eigenvalue weighted by Gasteiger charge is -2.32. The Kier molecular flexibility index (Phi) is 10.1. The van der Waals surface area contributed by atoms with Crippen LogP contribution >= 0.6 is 0 Å². The van der Waals surface area contributed by atoms with Gasteiger partial charge in [0.05, 0.1) is 0 Å². The van der Waals surface area contributed by atoms with E-state index in [4.69, 9.17) is 4.74 Å². The number of hydrogen-bond acceptors (Lipinski definition) is 5. The van der Waals surface area contributed by atoms with Gasteiger partial charge >= 0.3 is 6.09 Å². The second-order valence-electron chi connectivity index (χ2n) is 9.45. The van der Waals surface area contributed by atoms with Gasteiger partial charge in [0.1, 0.15) is 23.9 Å². The lowest BCUT2D eigenvalue weighted by molar-refractivity contribution is -0.138. The highest BCUT2D eigenvalue weighted by molar-refractivity contribution is 5.98. The van der Waals surface area contributed by atoms with Gasteiger partial charge in [-0.25, -0.2) is 4.79 Å². The molecule has 0 heterocycles. The molecule has 2 rings (SSSR count). The van der Waals surface area contributed by atoms with Crippen molar-refractivity contribution in [2.24, 2.45) is 0 Å². The summed E-state index contributed by atoms with van der Waals surface area (Å²) in [7, 11) is 0. The molecule has 0 spiro atoms. The van der Waals surface area contributed by atoms with Gasteiger partial charge in [0.15, 0.2) is 0 Å². The molecule has 8 heteroatoms. The van der Waals surface area contributed by atoms with E-state index in [2.05, 4.69) is 17.6 Å². The molecular weight excluding hydrogens is 446 g/mol. The first kappa shape index (κ1) is 27.7. The van der Waals surface area contributed by atoms with Crippen LogP contribution in [0.3, 0.4) is 0 Å². The minimum atomic E-state index is -0.958. The molecule has 1 unspecified atom stereocenters. The number of para-hydroxylation sites is 1. The van der Waals surface area contributed by atoms with Gasteiger partial charge in [-0.1, -0.05) is 50.1 Å². The summed E-state index contributed by atoms with van der Waals surface area (Å²) in [6, 6.07) is 12.7. The van der Waals surface area contributed by atoms with Gasteiger partial charge in [-0.15, -0.1) is 0 Å². The number of nitrogens with one attached hydrogen (secondary N) is 2. The zero-order valence-electron chi connectivity index (χ0n) is 21.3. The van der Waals surface area contributed by atoms with Gasteiger partial charge < -0.3 is 25.4 Å². The maximum absolute atomic E-state index is 13.6. The first-order valence-corrected chi connectivity index (χ1v) is 11.9. The largest absolute Gasteiger partial charge is 0.508 e. The fraction of sp³-hybridized carbons (Fsp3) is 0.444. The Hall–Kier alpha value is -3.55. The van der Waals surface area contributed by atoms with Crippen molar-refractivity contribution in [2.45, 2.75) is 65.5 Å². The van der Waals surface area contributed by atoms with Crippen molar-refractivity contribution in [2.75, 3.05) is 18.4 Å². The number of alkyl carbamates (subject to hydrolysis) is 1. The molecule has 2 aromatic rings.